The first-order valence-corrected chi connectivity index (χ1v) is 6.43. The van der Waals surface area contributed by atoms with E-state index >= 15 is 0 Å². The molecule has 1 fully saturated rings. The molecular weight excluding hydrogens is 236 g/mol. The third-order valence-corrected chi connectivity index (χ3v) is 3.64. The van der Waals surface area contributed by atoms with E-state index in [-0.39, 0.29) is 17.4 Å². The molecule has 0 amide bonds. The van der Waals surface area contributed by atoms with Crippen LogP contribution in [0.15, 0.2) is 12.1 Å². The Morgan fingerprint density at radius 3 is 2.33 bits per heavy atom. The zero-order chi connectivity index (χ0) is 13.1. The Morgan fingerprint density at radius 2 is 1.94 bits per heavy atom. The van der Waals surface area contributed by atoms with Crippen molar-refractivity contribution in [3.8, 4) is 5.75 Å². The van der Waals surface area contributed by atoms with Gasteiger partial charge in [0.15, 0.2) is 0 Å². The first-order chi connectivity index (χ1) is 8.67. The van der Waals surface area contributed by atoms with Crippen LogP contribution >= 0.6 is 0 Å². The summed E-state index contributed by atoms with van der Waals surface area (Å²) in [6.45, 7) is 2.65. The Labute approximate surface area is 106 Å². The Morgan fingerprint density at radius 1 is 1.33 bits per heavy atom. The van der Waals surface area contributed by atoms with Gasteiger partial charge in [-0.25, -0.2) is 8.78 Å². The highest BCUT2D eigenvalue weighted by atomic mass is 19.1. The van der Waals surface area contributed by atoms with Crippen molar-refractivity contribution in [2.75, 3.05) is 13.7 Å². The normalized spacial score (nSPS) is 17.3. The van der Waals surface area contributed by atoms with Crippen LogP contribution in [-0.4, -0.2) is 13.7 Å². The average Bonchev–Trinajstić information content (AvgIpc) is 2.25. The Kier molecular flexibility index (Phi) is 4.17. The van der Waals surface area contributed by atoms with E-state index in [0.717, 1.165) is 19.3 Å². The molecule has 0 aromatic heterocycles. The van der Waals surface area contributed by atoms with Crippen molar-refractivity contribution in [2.24, 2.45) is 5.92 Å². The van der Waals surface area contributed by atoms with Crippen LogP contribution in [0.4, 0.5) is 8.78 Å². The molecule has 2 rings (SSSR count). The minimum absolute atomic E-state index is 0.155. The largest absolute Gasteiger partial charge is 0.497 e. The van der Waals surface area contributed by atoms with Crippen LogP contribution in [0.1, 0.15) is 37.8 Å². The molecule has 1 atom stereocenters. The SMILES string of the molecule is CCNC(c1c(F)cc(OC)cc1F)C1CCC1. The molecule has 1 unspecified atom stereocenters. The van der Waals surface area contributed by atoms with Gasteiger partial charge in [-0.05, 0) is 25.3 Å². The minimum Gasteiger partial charge on any atom is -0.497 e. The zero-order valence-corrected chi connectivity index (χ0v) is 10.8. The van der Waals surface area contributed by atoms with E-state index in [1.165, 1.54) is 19.2 Å². The lowest BCUT2D eigenvalue weighted by atomic mass is 9.77. The van der Waals surface area contributed by atoms with Crippen molar-refractivity contribution in [2.45, 2.75) is 32.2 Å². The van der Waals surface area contributed by atoms with E-state index in [9.17, 15) is 8.78 Å². The smallest absolute Gasteiger partial charge is 0.134 e. The fourth-order valence-corrected chi connectivity index (χ4v) is 2.47. The maximum Gasteiger partial charge on any atom is 0.134 e. The fourth-order valence-electron chi connectivity index (χ4n) is 2.47. The fraction of sp³-hybridized carbons (Fsp3) is 0.571. The van der Waals surface area contributed by atoms with Crippen molar-refractivity contribution in [3.05, 3.63) is 29.3 Å². The summed E-state index contributed by atoms with van der Waals surface area (Å²) in [5.41, 5.74) is 0.155. The minimum atomic E-state index is -0.523. The van der Waals surface area contributed by atoms with Gasteiger partial charge in [-0.15, -0.1) is 0 Å². The second kappa shape index (κ2) is 5.65. The van der Waals surface area contributed by atoms with Crippen molar-refractivity contribution >= 4 is 0 Å². The van der Waals surface area contributed by atoms with Crippen LogP contribution in [0, 0.1) is 17.6 Å². The van der Waals surface area contributed by atoms with Crippen molar-refractivity contribution in [1.29, 1.82) is 0 Å². The quantitative estimate of drug-likeness (QED) is 0.870. The highest BCUT2D eigenvalue weighted by molar-refractivity contribution is 5.33. The van der Waals surface area contributed by atoms with Gasteiger partial charge in [0.2, 0.25) is 0 Å². The monoisotopic (exact) mass is 255 g/mol. The first-order valence-electron chi connectivity index (χ1n) is 6.43. The number of halogens is 2. The van der Waals surface area contributed by atoms with E-state index in [0.29, 0.717) is 12.5 Å². The zero-order valence-electron chi connectivity index (χ0n) is 10.8. The molecule has 0 bridgehead atoms. The summed E-state index contributed by atoms with van der Waals surface area (Å²) in [5, 5.41) is 3.20. The van der Waals surface area contributed by atoms with Crippen LogP contribution in [0.3, 0.4) is 0 Å². The molecule has 1 aromatic carbocycles. The predicted octanol–water partition coefficient (Wildman–Crippen LogP) is 3.42. The molecule has 1 aliphatic carbocycles. The van der Waals surface area contributed by atoms with Gasteiger partial charge >= 0.3 is 0 Å². The maximum absolute atomic E-state index is 14.0. The van der Waals surface area contributed by atoms with Gasteiger partial charge in [0.25, 0.3) is 0 Å². The molecule has 4 heteroatoms. The predicted molar refractivity (Wildman–Crippen MR) is 66.7 cm³/mol. The number of methoxy groups -OCH3 is 1. The summed E-state index contributed by atoms with van der Waals surface area (Å²) in [7, 11) is 1.40. The average molecular weight is 255 g/mol. The lowest BCUT2D eigenvalue weighted by molar-refractivity contribution is 0.224. The molecule has 0 aliphatic heterocycles. The van der Waals surface area contributed by atoms with Crippen molar-refractivity contribution in [1.82, 2.24) is 5.32 Å². The van der Waals surface area contributed by atoms with Crippen molar-refractivity contribution in [3.63, 3.8) is 0 Å². The van der Waals surface area contributed by atoms with Crippen LogP contribution in [0.5, 0.6) is 5.75 Å². The number of ether oxygens (including phenoxy) is 1. The lowest BCUT2D eigenvalue weighted by Crippen LogP contribution is -2.33. The van der Waals surface area contributed by atoms with E-state index < -0.39 is 11.6 Å². The summed E-state index contributed by atoms with van der Waals surface area (Å²) in [4.78, 5) is 0. The molecule has 2 nitrogen and oxygen atoms in total. The van der Waals surface area contributed by atoms with Gasteiger partial charge in [-0.3, -0.25) is 0 Å². The summed E-state index contributed by atoms with van der Waals surface area (Å²) in [6, 6.07) is 2.28. The highest BCUT2D eigenvalue weighted by Crippen LogP contribution is 2.40. The second-order valence-electron chi connectivity index (χ2n) is 4.73. The summed E-state index contributed by atoms with van der Waals surface area (Å²) in [6.07, 6.45) is 3.21. The van der Waals surface area contributed by atoms with E-state index in [4.69, 9.17) is 4.74 Å². The third-order valence-electron chi connectivity index (χ3n) is 3.64. The topological polar surface area (TPSA) is 21.3 Å². The summed E-state index contributed by atoms with van der Waals surface area (Å²) >= 11 is 0. The Bertz CT molecular complexity index is 395. The Balaban J connectivity index is 2.34. The molecular formula is C14H19F2NO. The third kappa shape index (κ3) is 2.48. The lowest BCUT2D eigenvalue weighted by Gasteiger charge is -2.35. The van der Waals surface area contributed by atoms with E-state index in [2.05, 4.69) is 5.32 Å². The van der Waals surface area contributed by atoms with Gasteiger partial charge in [0, 0.05) is 23.7 Å². The molecule has 0 saturated heterocycles. The number of hydrogen-bond acceptors (Lipinski definition) is 2. The molecule has 1 aliphatic rings. The number of benzene rings is 1. The molecule has 1 N–H and O–H groups in total. The molecule has 0 spiro atoms. The molecule has 1 saturated carbocycles. The molecule has 18 heavy (non-hydrogen) atoms. The van der Waals surface area contributed by atoms with Crippen LogP contribution < -0.4 is 10.1 Å². The first kappa shape index (κ1) is 13.3. The van der Waals surface area contributed by atoms with Crippen LogP contribution in [-0.2, 0) is 0 Å². The second-order valence-corrected chi connectivity index (χ2v) is 4.73. The molecule has 1 aromatic rings. The van der Waals surface area contributed by atoms with Gasteiger partial charge in [0.1, 0.15) is 17.4 Å². The molecule has 0 radical (unpaired) electrons. The molecule has 100 valence electrons. The number of rotatable bonds is 5. The summed E-state index contributed by atoms with van der Waals surface area (Å²) in [5.74, 6) is -0.491. The van der Waals surface area contributed by atoms with Gasteiger partial charge in [0.05, 0.1) is 7.11 Å². The summed E-state index contributed by atoms with van der Waals surface area (Å²) < 4.78 is 32.9. The van der Waals surface area contributed by atoms with Gasteiger partial charge in [-0.2, -0.15) is 0 Å². The molecule has 0 heterocycles. The van der Waals surface area contributed by atoms with Gasteiger partial charge < -0.3 is 10.1 Å². The van der Waals surface area contributed by atoms with Crippen molar-refractivity contribution < 1.29 is 13.5 Å². The maximum atomic E-state index is 14.0. The standard InChI is InChI=1S/C14H19F2NO/c1-3-17-14(9-5-4-6-9)13-11(15)7-10(18-2)8-12(13)16/h7-9,14,17H,3-6H2,1-2H3. The Hall–Kier alpha value is -1.16. The highest BCUT2D eigenvalue weighted by Gasteiger charge is 2.32. The van der Waals surface area contributed by atoms with E-state index in [1.807, 2.05) is 6.92 Å². The van der Waals surface area contributed by atoms with E-state index in [1.54, 1.807) is 0 Å². The van der Waals surface area contributed by atoms with Crippen LogP contribution in [0.2, 0.25) is 0 Å². The number of hydrogen-bond donors (Lipinski definition) is 1. The van der Waals surface area contributed by atoms with Gasteiger partial charge in [-0.1, -0.05) is 13.3 Å². The number of nitrogens with one attached hydrogen (secondary N) is 1. The van der Waals surface area contributed by atoms with Crippen LogP contribution in [0.25, 0.3) is 0 Å².